The van der Waals surface area contributed by atoms with Gasteiger partial charge in [0.25, 0.3) is 12.0 Å². The standard InChI is InChI=1S/C21H27F6N5O4.2C2H6/c1-12(2)16(34)32-9-8-31-10-13(28-14(31)11-32)15(33)29-19(3)4-6-30(7-5-19)18(35)36-17(20(22,23)24)21(25,26)27;2*1-2/h10,12,17H,4-9,11H2,1-3H3,(H,29,33);2*1-2H3. The van der Waals surface area contributed by atoms with Gasteiger partial charge in [-0.25, -0.2) is 9.78 Å². The van der Waals surface area contributed by atoms with Gasteiger partial charge in [-0.2, -0.15) is 26.3 Å². The minimum atomic E-state index is -5.80. The van der Waals surface area contributed by atoms with Crippen molar-refractivity contribution in [1.29, 1.82) is 0 Å². The maximum absolute atomic E-state index is 12.8. The van der Waals surface area contributed by atoms with E-state index in [0.29, 0.717) is 18.9 Å². The zero-order valence-electron chi connectivity index (χ0n) is 23.9. The van der Waals surface area contributed by atoms with E-state index in [0.717, 1.165) is 4.90 Å². The van der Waals surface area contributed by atoms with Gasteiger partial charge in [-0.3, -0.25) is 9.59 Å². The molecule has 230 valence electrons. The summed E-state index contributed by atoms with van der Waals surface area (Å²) < 4.78 is 81.5. The van der Waals surface area contributed by atoms with Crippen LogP contribution in [-0.4, -0.2) is 80.9 Å². The molecule has 1 saturated heterocycles. The molecule has 40 heavy (non-hydrogen) atoms. The van der Waals surface area contributed by atoms with Crippen LogP contribution in [-0.2, 0) is 22.6 Å². The maximum atomic E-state index is 12.8. The lowest BCUT2D eigenvalue weighted by atomic mass is 9.89. The van der Waals surface area contributed by atoms with Gasteiger partial charge < -0.3 is 24.4 Å². The maximum Gasteiger partial charge on any atom is 0.434 e. The van der Waals surface area contributed by atoms with Gasteiger partial charge in [0.15, 0.2) is 0 Å². The molecule has 15 heteroatoms. The first-order valence-electron chi connectivity index (χ1n) is 13.3. The molecule has 0 spiro atoms. The molecular weight excluding hydrogens is 548 g/mol. The zero-order valence-corrected chi connectivity index (χ0v) is 23.9. The third kappa shape index (κ3) is 9.01. The summed E-state index contributed by atoms with van der Waals surface area (Å²) in [7, 11) is 0. The van der Waals surface area contributed by atoms with Crippen LogP contribution in [0.3, 0.4) is 0 Å². The van der Waals surface area contributed by atoms with Crippen LogP contribution in [0.2, 0.25) is 0 Å². The fraction of sp³-hybridized carbons (Fsp3) is 0.760. The van der Waals surface area contributed by atoms with Crippen molar-refractivity contribution < 1.29 is 45.5 Å². The SMILES string of the molecule is CC.CC.CC(C)C(=O)N1CCn2cc(C(=O)NC3(C)CCN(C(=O)OC(C(F)(F)F)C(F)(F)F)CC3)nc2C1. The van der Waals surface area contributed by atoms with Crippen molar-refractivity contribution in [3.63, 3.8) is 0 Å². The van der Waals surface area contributed by atoms with E-state index in [1.807, 2.05) is 27.7 Å². The molecular formula is C25H39F6N5O4. The quantitative estimate of drug-likeness (QED) is 0.492. The number of imidazole rings is 1. The Bertz CT molecular complexity index is 987. The molecule has 9 nitrogen and oxygen atoms in total. The summed E-state index contributed by atoms with van der Waals surface area (Å²) in [5.74, 6) is -0.173. The molecule has 0 aromatic carbocycles. The highest BCUT2D eigenvalue weighted by atomic mass is 19.4. The molecule has 1 fully saturated rings. The predicted molar refractivity (Wildman–Crippen MR) is 134 cm³/mol. The molecule has 1 N–H and O–H groups in total. The Kier molecular flexibility index (Phi) is 12.3. The van der Waals surface area contributed by atoms with Crippen LogP contribution in [0.25, 0.3) is 0 Å². The lowest BCUT2D eigenvalue weighted by Crippen LogP contribution is -2.55. The number of aromatic nitrogens is 2. The summed E-state index contributed by atoms with van der Waals surface area (Å²) in [4.78, 5) is 43.7. The largest absolute Gasteiger partial charge is 0.434 e. The summed E-state index contributed by atoms with van der Waals surface area (Å²) in [5.41, 5.74) is -0.768. The number of alkyl halides is 6. The van der Waals surface area contributed by atoms with Gasteiger partial charge in [-0.05, 0) is 19.8 Å². The average molecular weight is 588 g/mol. The van der Waals surface area contributed by atoms with E-state index in [4.69, 9.17) is 0 Å². The fourth-order valence-corrected chi connectivity index (χ4v) is 4.06. The number of hydrogen-bond acceptors (Lipinski definition) is 5. The summed E-state index contributed by atoms with van der Waals surface area (Å²) in [6, 6.07) is 0. The highest BCUT2D eigenvalue weighted by Crippen LogP contribution is 2.36. The van der Waals surface area contributed by atoms with Crippen LogP contribution in [0.15, 0.2) is 6.20 Å². The smallest absolute Gasteiger partial charge is 0.426 e. The van der Waals surface area contributed by atoms with Crippen LogP contribution in [0, 0.1) is 5.92 Å². The molecule has 1 aromatic rings. The number of fused-ring (bicyclic) bond motifs is 1. The van der Waals surface area contributed by atoms with Gasteiger partial charge >= 0.3 is 18.4 Å². The Morgan fingerprint density at radius 2 is 1.45 bits per heavy atom. The highest BCUT2D eigenvalue weighted by Gasteiger charge is 2.60. The minimum absolute atomic E-state index is 0.0233. The van der Waals surface area contributed by atoms with E-state index in [2.05, 4.69) is 15.0 Å². The molecule has 3 amide bonds. The van der Waals surface area contributed by atoms with E-state index in [1.165, 1.54) is 0 Å². The molecule has 0 aliphatic carbocycles. The van der Waals surface area contributed by atoms with E-state index in [9.17, 15) is 40.7 Å². The van der Waals surface area contributed by atoms with Crippen molar-refractivity contribution in [1.82, 2.24) is 24.7 Å². The third-order valence-electron chi connectivity index (χ3n) is 6.19. The Labute approximate surface area is 230 Å². The number of carbonyl (C=O) groups is 3. The first-order chi connectivity index (χ1) is 18.5. The first kappa shape index (κ1) is 35.0. The van der Waals surface area contributed by atoms with E-state index >= 15 is 0 Å². The second-order valence-electron chi connectivity index (χ2n) is 9.50. The van der Waals surface area contributed by atoms with Gasteiger partial charge in [0.2, 0.25) is 5.91 Å². The Balaban J connectivity index is 0.00000191. The molecule has 0 bridgehead atoms. The van der Waals surface area contributed by atoms with Crippen LogP contribution in [0.1, 0.15) is 77.6 Å². The number of piperidine rings is 1. The van der Waals surface area contributed by atoms with Gasteiger partial charge in [-0.15, -0.1) is 0 Å². The molecule has 0 saturated carbocycles. The molecule has 3 rings (SSSR count). The van der Waals surface area contributed by atoms with E-state index < -0.39 is 36.0 Å². The molecule has 0 atom stereocenters. The van der Waals surface area contributed by atoms with Crippen LogP contribution >= 0.6 is 0 Å². The third-order valence-corrected chi connectivity index (χ3v) is 6.19. The molecule has 2 aliphatic heterocycles. The molecule has 0 unspecified atom stereocenters. The number of likely N-dealkylation sites (tertiary alicyclic amines) is 1. The summed E-state index contributed by atoms with van der Waals surface area (Å²) in [5, 5.41) is 2.79. The Hall–Kier alpha value is -3.00. The Morgan fingerprint density at radius 3 is 1.93 bits per heavy atom. The molecule has 3 heterocycles. The molecule has 0 radical (unpaired) electrons. The van der Waals surface area contributed by atoms with Crippen LogP contribution < -0.4 is 5.32 Å². The second-order valence-corrected chi connectivity index (χ2v) is 9.50. The van der Waals surface area contributed by atoms with Crippen LogP contribution in [0.4, 0.5) is 31.1 Å². The van der Waals surface area contributed by atoms with Crippen molar-refractivity contribution in [3.8, 4) is 0 Å². The number of halogens is 6. The normalized spacial score (nSPS) is 16.8. The van der Waals surface area contributed by atoms with E-state index in [1.54, 1.807) is 36.4 Å². The van der Waals surface area contributed by atoms with Crippen LogP contribution in [0.5, 0.6) is 0 Å². The first-order valence-corrected chi connectivity index (χ1v) is 13.3. The van der Waals surface area contributed by atoms with Gasteiger partial charge in [0, 0.05) is 43.8 Å². The van der Waals surface area contributed by atoms with Crippen molar-refractivity contribution in [2.24, 2.45) is 5.92 Å². The summed E-state index contributed by atoms with van der Waals surface area (Å²) in [6.45, 7) is 14.0. The van der Waals surface area contributed by atoms with Gasteiger partial charge in [0.05, 0.1) is 6.54 Å². The predicted octanol–water partition coefficient (Wildman–Crippen LogP) is 5.15. The monoisotopic (exact) mass is 587 g/mol. The molecule has 2 aliphatic rings. The number of nitrogens with one attached hydrogen (secondary N) is 1. The van der Waals surface area contributed by atoms with E-state index in [-0.39, 0.29) is 50.0 Å². The summed E-state index contributed by atoms with van der Waals surface area (Å²) >= 11 is 0. The topological polar surface area (TPSA) is 96.8 Å². The van der Waals surface area contributed by atoms with Gasteiger partial charge in [0.1, 0.15) is 11.5 Å². The summed E-state index contributed by atoms with van der Waals surface area (Å²) in [6.07, 6.45) is -15.8. The lowest BCUT2D eigenvalue weighted by molar-refractivity contribution is -0.308. The van der Waals surface area contributed by atoms with Crippen molar-refractivity contribution in [2.75, 3.05) is 19.6 Å². The zero-order chi connectivity index (χ0) is 31.1. The number of amides is 3. The second kappa shape index (κ2) is 14.1. The number of nitrogens with zero attached hydrogens (tertiary/aromatic N) is 4. The fourth-order valence-electron chi connectivity index (χ4n) is 4.06. The number of hydrogen-bond donors (Lipinski definition) is 1. The van der Waals surface area contributed by atoms with Crippen molar-refractivity contribution in [2.45, 2.75) is 98.4 Å². The van der Waals surface area contributed by atoms with Crippen molar-refractivity contribution in [3.05, 3.63) is 17.7 Å². The lowest BCUT2D eigenvalue weighted by Gasteiger charge is -2.39. The number of ether oxygens (including phenoxy) is 1. The number of carbonyl (C=O) groups excluding carboxylic acids is 3. The van der Waals surface area contributed by atoms with Gasteiger partial charge in [-0.1, -0.05) is 41.5 Å². The molecule has 1 aromatic heterocycles. The average Bonchev–Trinajstić information content (AvgIpc) is 3.31. The minimum Gasteiger partial charge on any atom is -0.426 e. The Morgan fingerprint density at radius 1 is 0.925 bits per heavy atom. The highest BCUT2D eigenvalue weighted by molar-refractivity contribution is 5.92. The van der Waals surface area contributed by atoms with Crippen molar-refractivity contribution >= 4 is 17.9 Å². The number of rotatable bonds is 4.